The fourth-order valence-electron chi connectivity index (χ4n) is 0.585. The summed E-state index contributed by atoms with van der Waals surface area (Å²) in [5.74, 6) is 0. The maximum absolute atomic E-state index is 5.58. The van der Waals surface area contributed by atoms with E-state index in [1.807, 2.05) is 0 Å². The van der Waals surface area contributed by atoms with Crippen molar-refractivity contribution >= 4 is 0 Å². The molecule has 0 amide bonds. The van der Waals surface area contributed by atoms with Crippen molar-refractivity contribution in [3.05, 3.63) is 0 Å². The van der Waals surface area contributed by atoms with Crippen molar-refractivity contribution in [1.29, 1.82) is 0 Å². The largest absolute Gasteiger partial charge is 0.373 e. The lowest BCUT2D eigenvalue weighted by Gasteiger charge is -2.22. The molecule has 1 atom stereocenters. The average molecular weight is 144 g/mol. The summed E-state index contributed by atoms with van der Waals surface area (Å²) in [5, 5.41) is 0. The standard InChI is InChI=1S/C8H16O2/c1-4-8(2,3)10-6-7-5-9-7/h7H,4-6H2,1-3H3. The van der Waals surface area contributed by atoms with Gasteiger partial charge in [0.15, 0.2) is 0 Å². The Morgan fingerprint density at radius 3 is 2.60 bits per heavy atom. The maximum atomic E-state index is 5.58. The summed E-state index contributed by atoms with van der Waals surface area (Å²) in [7, 11) is 0. The minimum Gasteiger partial charge on any atom is -0.373 e. The molecule has 2 heteroatoms. The normalized spacial score (nSPS) is 24.9. The Kier molecular flexibility index (Phi) is 2.32. The first-order valence-corrected chi connectivity index (χ1v) is 3.89. The predicted molar refractivity (Wildman–Crippen MR) is 40.1 cm³/mol. The van der Waals surface area contributed by atoms with Crippen LogP contribution in [0, 0.1) is 0 Å². The lowest BCUT2D eigenvalue weighted by molar-refractivity contribution is -0.0267. The molecule has 0 saturated carbocycles. The van der Waals surface area contributed by atoms with E-state index in [-0.39, 0.29) is 5.60 Å². The van der Waals surface area contributed by atoms with Gasteiger partial charge in [0.2, 0.25) is 0 Å². The van der Waals surface area contributed by atoms with E-state index >= 15 is 0 Å². The van der Waals surface area contributed by atoms with Crippen molar-refractivity contribution in [2.75, 3.05) is 13.2 Å². The Balaban J connectivity index is 2.09. The molecule has 10 heavy (non-hydrogen) atoms. The molecule has 0 aromatic heterocycles. The molecule has 0 aromatic rings. The molecule has 1 heterocycles. The zero-order valence-corrected chi connectivity index (χ0v) is 7.02. The molecule has 2 nitrogen and oxygen atoms in total. The van der Waals surface area contributed by atoms with Gasteiger partial charge in [-0.25, -0.2) is 0 Å². The summed E-state index contributed by atoms with van der Waals surface area (Å²) in [6, 6.07) is 0. The molecule has 1 aliphatic heterocycles. The van der Waals surface area contributed by atoms with E-state index in [0.717, 1.165) is 19.6 Å². The molecule has 1 fully saturated rings. The predicted octanol–water partition coefficient (Wildman–Crippen LogP) is 1.59. The highest BCUT2D eigenvalue weighted by Crippen LogP contribution is 2.17. The third-order valence-corrected chi connectivity index (χ3v) is 1.91. The van der Waals surface area contributed by atoms with Crippen molar-refractivity contribution < 1.29 is 9.47 Å². The minimum absolute atomic E-state index is 0.0337. The fourth-order valence-corrected chi connectivity index (χ4v) is 0.585. The van der Waals surface area contributed by atoms with Gasteiger partial charge in [0.05, 0.1) is 18.8 Å². The second-order valence-electron chi connectivity index (χ2n) is 3.38. The fraction of sp³-hybridized carbons (Fsp3) is 1.00. The Morgan fingerprint density at radius 2 is 2.20 bits per heavy atom. The van der Waals surface area contributed by atoms with Gasteiger partial charge < -0.3 is 9.47 Å². The molecule has 1 saturated heterocycles. The summed E-state index contributed by atoms with van der Waals surface area (Å²) >= 11 is 0. The van der Waals surface area contributed by atoms with E-state index in [1.165, 1.54) is 0 Å². The summed E-state index contributed by atoms with van der Waals surface area (Å²) in [4.78, 5) is 0. The van der Waals surface area contributed by atoms with Crippen molar-refractivity contribution in [2.45, 2.75) is 38.9 Å². The zero-order chi connectivity index (χ0) is 7.61. The van der Waals surface area contributed by atoms with Gasteiger partial charge in [0.1, 0.15) is 6.10 Å². The second-order valence-corrected chi connectivity index (χ2v) is 3.38. The highest BCUT2D eigenvalue weighted by Gasteiger charge is 2.26. The van der Waals surface area contributed by atoms with E-state index in [4.69, 9.17) is 9.47 Å². The van der Waals surface area contributed by atoms with Crippen LogP contribution in [0.5, 0.6) is 0 Å². The Labute approximate surface area is 62.5 Å². The van der Waals surface area contributed by atoms with Gasteiger partial charge in [-0.1, -0.05) is 6.92 Å². The van der Waals surface area contributed by atoms with Crippen LogP contribution in [-0.2, 0) is 9.47 Å². The summed E-state index contributed by atoms with van der Waals surface area (Å²) < 4.78 is 10.6. The smallest absolute Gasteiger partial charge is 0.104 e. The van der Waals surface area contributed by atoms with Crippen LogP contribution in [0.2, 0.25) is 0 Å². The Bertz CT molecular complexity index is 106. The molecule has 1 rings (SSSR count). The van der Waals surface area contributed by atoms with E-state index < -0.39 is 0 Å². The van der Waals surface area contributed by atoms with Crippen molar-refractivity contribution in [1.82, 2.24) is 0 Å². The van der Waals surface area contributed by atoms with Gasteiger partial charge in [-0.3, -0.25) is 0 Å². The quantitative estimate of drug-likeness (QED) is 0.559. The zero-order valence-electron chi connectivity index (χ0n) is 7.02. The molecule has 0 N–H and O–H groups in total. The first-order chi connectivity index (χ1) is 4.64. The van der Waals surface area contributed by atoms with Gasteiger partial charge in [-0.05, 0) is 20.3 Å². The molecule has 0 spiro atoms. The summed E-state index contributed by atoms with van der Waals surface area (Å²) in [6.07, 6.45) is 1.45. The number of ether oxygens (including phenoxy) is 2. The van der Waals surface area contributed by atoms with Crippen molar-refractivity contribution in [2.24, 2.45) is 0 Å². The third-order valence-electron chi connectivity index (χ3n) is 1.91. The van der Waals surface area contributed by atoms with Crippen LogP contribution in [0.25, 0.3) is 0 Å². The molecule has 1 aliphatic rings. The number of rotatable bonds is 4. The number of hydrogen-bond donors (Lipinski definition) is 0. The van der Waals surface area contributed by atoms with Gasteiger partial charge in [-0.2, -0.15) is 0 Å². The third kappa shape index (κ3) is 2.67. The second kappa shape index (κ2) is 2.89. The highest BCUT2D eigenvalue weighted by atomic mass is 16.6. The first kappa shape index (κ1) is 8.02. The summed E-state index contributed by atoms with van der Waals surface area (Å²) in [6.45, 7) is 8.00. The van der Waals surface area contributed by atoms with E-state index in [0.29, 0.717) is 6.10 Å². The summed E-state index contributed by atoms with van der Waals surface area (Å²) in [5.41, 5.74) is 0.0337. The lowest BCUT2D eigenvalue weighted by Crippen LogP contribution is -2.25. The van der Waals surface area contributed by atoms with Gasteiger partial charge in [0.25, 0.3) is 0 Å². The topological polar surface area (TPSA) is 21.8 Å². The Morgan fingerprint density at radius 1 is 1.60 bits per heavy atom. The monoisotopic (exact) mass is 144 g/mol. The maximum Gasteiger partial charge on any atom is 0.104 e. The lowest BCUT2D eigenvalue weighted by atomic mass is 10.1. The van der Waals surface area contributed by atoms with Gasteiger partial charge >= 0.3 is 0 Å². The van der Waals surface area contributed by atoms with Gasteiger partial charge in [0, 0.05) is 0 Å². The molecule has 1 unspecified atom stereocenters. The number of epoxide rings is 1. The molecule has 0 bridgehead atoms. The molecular formula is C8H16O2. The molecule has 0 aromatic carbocycles. The molecule has 0 aliphatic carbocycles. The SMILES string of the molecule is CCC(C)(C)OCC1CO1. The van der Waals surface area contributed by atoms with Crippen LogP contribution in [0.4, 0.5) is 0 Å². The van der Waals surface area contributed by atoms with E-state index in [9.17, 15) is 0 Å². The molecule has 0 radical (unpaired) electrons. The number of hydrogen-bond acceptors (Lipinski definition) is 2. The van der Waals surface area contributed by atoms with E-state index in [1.54, 1.807) is 0 Å². The molecule has 60 valence electrons. The van der Waals surface area contributed by atoms with Crippen LogP contribution in [0.1, 0.15) is 27.2 Å². The minimum atomic E-state index is 0.0337. The van der Waals surface area contributed by atoms with Crippen LogP contribution in [0.15, 0.2) is 0 Å². The molecular weight excluding hydrogens is 128 g/mol. The first-order valence-electron chi connectivity index (χ1n) is 3.89. The average Bonchev–Trinajstić information content (AvgIpc) is 2.66. The van der Waals surface area contributed by atoms with Crippen LogP contribution in [0.3, 0.4) is 0 Å². The Hall–Kier alpha value is -0.0800. The van der Waals surface area contributed by atoms with Gasteiger partial charge in [-0.15, -0.1) is 0 Å². The highest BCUT2D eigenvalue weighted by molar-refractivity contribution is 4.72. The van der Waals surface area contributed by atoms with Crippen molar-refractivity contribution in [3.63, 3.8) is 0 Å². The van der Waals surface area contributed by atoms with Crippen LogP contribution >= 0.6 is 0 Å². The van der Waals surface area contributed by atoms with Crippen LogP contribution in [-0.4, -0.2) is 24.9 Å². The van der Waals surface area contributed by atoms with Crippen LogP contribution < -0.4 is 0 Å². The van der Waals surface area contributed by atoms with Crippen molar-refractivity contribution in [3.8, 4) is 0 Å². The van der Waals surface area contributed by atoms with E-state index in [2.05, 4.69) is 20.8 Å².